The molecule has 1 heterocycles. The first-order valence-corrected chi connectivity index (χ1v) is 7.28. The summed E-state index contributed by atoms with van der Waals surface area (Å²) >= 11 is 5.96. The van der Waals surface area contributed by atoms with Crippen LogP contribution in [0, 0.1) is 5.92 Å². The van der Waals surface area contributed by atoms with E-state index in [2.05, 4.69) is 10.6 Å². The van der Waals surface area contributed by atoms with Gasteiger partial charge >= 0.3 is 0 Å². The Hall–Kier alpha value is -1.06. The molecule has 0 bridgehead atoms. The Labute approximate surface area is 119 Å². The zero-order chi connectivity index (χ0) is 13.7. The number of hydrogen-bond donors (Lipinski definition) is 2. The number of carbonyl (C=O) groups is 1. The van der Waals surface area contributed by atoms with E-state index in [1.165, 1.54) is 0 Å². The molecule has 3 nitrogen and oxygen atoms in total. The summed E-state index contributed by atoms with van der Waals surface area (Å²) in [7, 11) is 0. The molecule has 0 radical (unpaired) electrons. The minimum absolute atomic E-state index is 0.00733. The van der Waals surface area contributed by atoms with Crippen molar-refractivity contribution in [3.63, 3.8) is 0 Å². The van der Waals surface area contributed by atoms with E-state index in [1.807, 2.05) is 31.2 Å². The summed E-state index contributed by atoms with van der Waals surface area (Å²) in [5, 5.41) is 7.07. The number of carbonyl (C=O) groups excluding carboxylic acids is 1. The Bertz CT molecular complexity index is 430. The van der Waals surface area contributed by atoms with Gasteiger partial charge in [-0.05, 0) is 56.5 Å². The maximum absolute atomic E-state index is 12.0. The van der Waals surface area contributed by atoms with Crippen LogP contribution < -0.4 is 10.6 Å². The third-order valence-corrected chi connectivity index (χ3v) is 3.89. The van der Waals surface area contributed by atoms with Crippen molar-refractivity contribution >= 4 is 17.5 Å². The van der Waals surface area contributed by atoms with E-state index in [9.17, 15) is 4.79 Å². The van der Waals surface area contributed by atoms with Crippen molar-refractivity contribution in [1.82, 2.24) is 10.6 Å². The molecule has 0 aliphatic carbocycles. The molecule has 19 heavy (non-hydrogen) atoms. The number of benzene rings is 1. The molecule has 104 valence electrons. The third kappa shape index (κ3) is 4.51. The van der Waals surface area contributed by atoms with Crippen molar-refractivity contribution in [3.8, 4) is 0 Å². The summed E-state index contributed by atoms with van der Waals surface area (Å²) < 4.78 is 0. The van der Waals surface area contributed by atoms with E-state index in [4.69, 9.17) is 11.6 Å². The van der Waals surface area contributed by atoms with Gasteiger partial charge in [-0.1, -0.05) is 23.7 Å². The zero-order valence-corrected chi connectivity index (χ0v) is 12.0. The molecule has 0 saturated carbocycles. The van der Waals surface area contributed by atoms with Gasteiger partial charge in [-0.15, -0.1) is 0 Å². The van der Waals surface area contributed by atoms with E-state index in [0.29, 0.717) is 17.4 Å². The summed E-state index contributed by atoms with van der Waals surface area (Å²) in [6.45, 7) is 4.05. The van der Waals surface area contributed by atoms with Gasteiger partial charge in [0, 0.05) is 11.4 Å². The largest absolute Gasteiger partial charge is 0.350 e. The van der Waals surface area contributed by atoms with Crippen molar-refractivity contribution in [2.24, 2.45) is 5.92 Å². The fourth-order valence-corrected chi connectivity index (χ4v) is 2.71. The van der Waals surface area contributed by atoms with Crippen LogP contribution in [0.15, 0.2) is 24.3 Å². The van der Waals surface area contributed by atoms with Crippen molar-refractivity contribution in [2.75, 3.05) is 13.1 Å². The second-order valence-electron chi connectivity index (χ2n) is 5.24. The van der Waals surface area contributed by atoms with Crippen LogP contribution in [0.1, 0.15) is 37.8 Å². The predicted molar refractivity (Wildman–Crippen MR) is 78.2 cm³/mol. The molecule has 0 spiro atoms. The van der Waals surface area contributed by atoms with Gasteiger partial charge in [0.1, 0.15) is 0 Å². The summed E-state index contributed by atoms with van der Waals surface area (Å²) in [6, 6.07) is 7.65. The molecular formula is C15H21ClN2O. The molecule has 1 aromatic carbocycles. The Morgan fingerprint density at radius 1 is 1.47 bits per heavy atom. The number of piperidine rings is 1. The summed E-state index contributed by atoms with van der Waals surface area (Å²) in [4.78, 5) is 12.0. The van der Waals surface area contributed by atoms with Crippen LogP contribution in [0.5, 0.6) is 0 Å². The zero-order valence-electron chi connectivity index (χ0n) is 11.3. The summed E-state index contributed by atoms with van der Waals surface area (Å²) in [6.07, 6.45) is 2.82. The number of rotatable bonds is 4. The maximum atomic E-state index is 12.0. The van der Waals surface area contributed by atoms with Crippen molar-refractivity contribution in [3.05, 3.63) is 34.9 Å². The van der Waals surface area contributed by atoms with Crippen LogP contribution in [-0.2, 0) is 4.79 Å². The highest BCUT2D eigenvalue weighted by molar-refractivity contribution is 6.30. The minimum Gasteiger partial charge on any atom is -0.350 e. The Balaban J connectivity index is 1.84. The average Bonchev–Trinajstić information content (AvgIpc) is 2.39. The Morgan fingerprint density at radius 3 is 2.89 bits per heavy atom. The quantitative estimate of drug-likeness (QED) is 0.890. The summed E-state index contributed by atoms with van der Waals surface area (Å²) in [5.41, 5.74) is 1.05. The highest BCUT2D eigenvalue weighted by Gasteiger charge is 2.18. The molecule has 1 atom stereocenters. The lowest BCUT2D eigenvalue weighted by atomic mass is 9.94. The highest BCUT2D eigenvalue weighted by Crippen LogP contribution is 2.19. The molecule has 0 unspecified atom stereocenters. The Morgan fingerprint density at radius 2 is 2.21 bits per heavy atom. The first kappa shape index (κ1) is 14.4. The molecule has 1 fully saturated rings. The van der Waals surface area contributed by atoms with Gasteiger partial charge < -0.3 is 10.6 Å². The van der Waals surface area contributed by atoms with Gasteiger partial charge in [-0.3, -0.25) is 4.79 Å². The number of hydrogen-bond acceptors (Lipinski definition) is 2. The standard InChI is InChI=1S/C15H21ClN2O/c1-11(13-3-2-4-14(16)10-13)18-15(19)9-12-5-7-17-8-6-12/h2-4,10-12,17H,5-9H2,1H3,(H,18,19)/t11-/m0/s1. The van der Waals surface area contributed by atoms with E-state index < -0.39 is 0 Å². The van der Waals surface area contributed by atoms with Gasteiger partial charge in [0.05, 0.1) is 6.04 Å². The molecule has 1 amide bonds. The molecule has 4 heteroatoms. The van der Waals surface area contributed by atoms with E-state index in [1.54, 1.807) is 0 Å². The fourth-order valence-electron chi connectivity index (χ4n) is 2.51. The lowest BCUT2D eigenvalue weighted by Crippen LogP contribution is -2.33. The molecule has 2 N–H and O–H groups in total. The fraction of sp³-hybridized carbons (Fsp3) is 0.533. The molecule has 1 aliphatic rings. The van der Waals surface area contributed by atoms with Gasteiger partial charge in [0.2, 0.25) is 5.91 Å². The molecule has 0 aromatic heterocycles. The molecule has 1 aliphatic heterocycles. The molecular weight excluding hydrogens is 260 g/mol. The van der Waals surface area contributed by atoms with Crippen molar-refractivity contribution < 1.29 is 4.79 Å². The van der Waals surface area contributed by atoms with Crippen LogP contribution in [0.2, 0.25) is 5.02 Å². The highest BCUT2D eigenvalue weighted by atomic mass is 35.5. The van der Waals surface area contributed by atoms with Crippen molar-refractivity contribution in [1.29, 1.82) is 0 Å². The monoisotopic (exact) mass is 280 g/mol. The van der Waals surface area contributed by atoms with Gasteiger partial charge in [-0.2, -0.15) is 0 Å². The van der Waals surface area contributed by atoms with E-state index in [-0.39, 0.29) is 11.9 Å². The van der Waals surface area contributed by atoms with E-state index >= 15 is 0 Å². The van der Waals surface area contributed by atoms with Crippen LogP contribution in [0.25, 0.3) is 0 Å². The molecule has 1 saturated heterocycles. The van der Waals surface area contributed by atoms with Crippen molar-refractivity contribution in [2.45, 2.75) is 32.2 Å². The minimum atomic E-state index is 0.00733. The third-order valence-electron chi connectivity index (χ3n) is 3.66. The smallest absolute Gasteiger partial charge is 0.220 e. The first-order valence-electron chi connectivity index (χ1n) is 6.90. The number of halogens is 1. The first-order chi connectivity index (χ1) is 9.15. The molecule has 2 rings (SSSR count). The number of amides is 1. The van der Waals surface area contributed by atoms with Crippen LogP contribution in [0.4, 0.5) is 0 Å². The number of nitrogens with one attached hydrogen (secondary N) is 2. The average molecular weight is 281 g/mol. The lowest BCUT2D eigenvalue weighted by molar-refractivity contribution is -0.122. The second-order valence-corrected chi connectivity index (χ2v) is 5.68. The molecule has 1 aromatic rings. The van der Waals surface area contributed by atoms with Crippen LogP contribution >= 0.6 is 11.6 Å². The lowest BCUT2D eigenvalue weighted by Gasteiger charge is -2.23. The van der Waals surface area contributed by atoms with Crippen LogP contribution in [0.3, 0.4) is 0 Å². The Kier molecular flexibility index (Phi) is 5.23. The van der Waals surface area contributed by atoms with E-state index in [0.717, 1.165) is 31.5 Å². The maximum Gasteiger partial charge on any atom is 0.220 e. The normalized spacial score (nSPS) is 18.0. The second kappa shape index (κ2) is 6.92. The topological polar surface area (TPSA) is 41.1 Å². The van der Waals surface area contributed by atoms with Gasteiger partial charge in [0.15, 0.2) is 0 Å². The summed E-state index contributed by atoms with van der Waals surface area (Å²) in [5.74, 6) is 0.659. The van der Waals surface area contributed by atoms with Crippen LogP contribution in [-0.4, -0.2) is 19.0 Å². The van der Waals surface area contributed by atoms with Gasteiger partial charge in [0.25, 0.3) is 0 Å². The SMILES string of the molecule is C[C@H](NC(=O)CC1CCNCC1)c1cccc(Cl)c1. The predicted octanol–water partition coefficient (Wildman–Crippen LogP) is 2.91. The van der Waals surface area contributed by atoms with Gasteiger partial charge in [-0.25, -0.2) is 0 Å².